The molecule has 0 aromatic carbocycles. The molecular weight excluding hydrogens is 472 g/mol. The molecule has 1 amide bonds. The summed E-state index contributed by atoms with van der Waals surface area (Å²) in [5.41, 5.74) is 6.99. The van der Waals surface area contributed by atoms with Crippen molar-refractivity contribution < 1.29 is 4.79 Å². The summed E-state index contributed by atoms with van der Waals surface area (Å²) in [6.45, 7) is 2.09. The number of pyridine rings is 3. The Labute approximate surface area is 209 Å². The lowest BCUT2D eigenvalue weighted by Gasteiger charge is -2.06. The predicted molar refractivity (Wildman–Crippen MR) is 139 cm³/mol. The van der Waals surface area contributed by atoms with Crippen molar-refractivity contribution in [2.24, 2.45) is 5.92 Å². The maximum absolute atomic E-state index is 12.2. The van der Waals surface area contributed by atoms with Gasteiger partial charge in [0.15, 0.2) is 11.5 Å². The number of fused-ring (bicyclic) bond motifs is 2. The van der Waals surface area contributed by atoms with Crippen LogP contribution in [0, 0.1) is 12.8 Å². The zero-order valence-electron chi connectivity index (χ0n) is 19.2. The molecule has 0 bridgehead atoms. The maximum atomic E-state index is 12.2. The first-order chi connectivity index (χ1) is 17.6. The third-order valence-corrected chi connectivity index (χ3v) is 7.32. The Kier molecular flexibility index (Phi) is 4.68. The Bertz CT molecular complexity index is 1780. The molecule has 1 saturated carbocycles. The number of imidazole rings is 1. The zero-order valence-corrected chi connectivity index (χ0v) is 20.1. The standard InChI is InChI=1S/C26H20N8OS/c1-13-2-7-21(36-13)17-11-28-12-20-22(17)32-25(31-20)24-23-19(33-34-24)6-5-18(30-23)15-8-16(10-27-9-15)29-26(35)14-3-4-14/h2,5-12,14H,3-4H2,1H3,(H,29,35)(H,31,32)(H,33,34). The Balaban J connectivity index is 1.28. The highest BCUT2D eigenvalue weighted by atomic mass is 32.1. The van der Waals surface area contributed by atoms with Crippen molar-refractivity contribution in [1.29, 1.82) is 0 Å². The van der Waals surface area contributed by atoms with Crippen molar-refractivity contribution in [3.63, 3.8) is 0 Å². The second-order valence-corrected chi connectivity index (χ2v) is 10.3. The molecule has 6 heterocycles. The van der Waals surface area contributed by atoms with Crippen LogP contribution in [0.2, 0.25) is 0 Å². The van der Waals surface area contributed by atoms with Crippen LogP contribution in [0.25, 0.3) is 55.3 Å². The van der Waals surface area contributed by atoms with Gasteiger partial charge in [0, 0.05) is 39.2 Å². The molecule has 1 aliphatic rings. The second-order valence-electron chi connectivity index (χ2n) is 8.97. The summed E-state index contributed by atoms with van der Waals surface area (Å²) >= 11 is 1.71. The molecule has 0 aliphatic heterocycles. The first-order valence-corrected chi connectivity index (χ1v) is 12.5. The molecule has 3 N–H and O–H groups in total. The summed E-state index contributed by atoms with van der Waals surface area (Å²) in [6, 6.07) is 9.93. The van der Waals surface area contributed by atoms with Crippen molar-refractivity contribution >= 4 is 45.0 Å². The number of carbonyl (C=O) groups excluding carboxylic acids is 1. The molecule has 0 saturated heterocycles. The molecule has 6 aromatic rings. The van der Waals surface area contributed by atoms with Crippen LogP contribution in [0.15, 0.2) is 55.1 Å². The van der Waals surface area contributed by atoms with Crippen molar-refractivity contribution in [2.75, 3.05) is 5.32 Å². The molecule has 176 valence electrons. The molecule has 0 atom stereocenters. The monoisotopic (exact) mass is 492 g/mol. The van der Waals surface area contributed by atoms with Gasteiger partial charge in [-0.1, -0.05) is 0 Å². The minimum Gasteiger partial charge on any atom is -0.335 e. The van der Waals surface area contributed by atoms with E-state index in [-0.39, 0.29) is 11.8 Å². The van der Waals surface area contributed by atoms with E-state index in [2.05, 4.69) is 49.5 Å². The summed E-state index contributed by atoms with van der Waals surface area (Å²) in [7, 11) is 0. The van der Waals surface area contributed by atoms with Gasteiger partial charge in [0.2, 0.25) is 5.91 Å². The van der Waals surface area contributed by atoms with Crippen LogP contribution in [0.3, 0.4) is 0 Å². The molecule has 7 rings (SSSR count). The maximum Gasteiger partial charge on any atom is 0.227 e. The van der Waals surface area contributed by atoms with Gasteiger partial charge in [-0.25, -0.2) is 9.97 Å². The van der Waals surface area contributed by atoms with E-state index in [4.69, 9.17) is 9.97 Å². The summed E-state index contributed by atoms with van der Waals surface area (Å²) in [4.78, 5) is 36.4. The molecule has 1 aliphatic carbocycles. The molecule has 1 fully saturated rings. The average Bonchev–Trinajstić information content (AvgIpc) is 3.30. The number of H-pyrrole nitrogens is 2. The third-order valence-electron chi connectivity index (χ3n) is 6.28. The number of amides is 1. The van der Waals surface area contributed by atoms with Crippen LogP contribution in [0.5, 0.6) is 0 Å². The van der Waals surface area contributed by atoms with Gasteiger partial charge in [0.25, 0.3) is 0 Å². The van der Waals surface area contributed by atoms with Gasteiger partial charge >= 0.3 is 0 Å². The van der Waals surface area contributed by atoms with Gasteiger partial charge in [0.1, 0.15) is 11.0 Å². The molecule has 0 radical (unpaired) electrons. The topological polar surface area (TPSA) is 125 Å². The number of carbonyl (C=O) groups is 1. The Morgan fingerprint density at radius 1 is 1.00 bits per heavy atom. The Morgan fingerprint density at radius 3 is 2.72 bits per heavy atom. The summed E-state index contributed by atoms with van der Waals surface area (Å²) in [6.07, 6.45) is 8.92. The number of aryl methyl sites for hydroxylation is 1. The number of hydrogen-bond donors (Lipinski definition) is 3. The molecule has 6 aromatic heterocycles. The van der Waals surface area contributed by atoms with Crippen LogP contribution >= 0.6 is 11.3 Å². The summed E-state index contributed by atoms with van der Waals surface area (Å²) in [5.74, 6) is 0.790. The highest BCUT2D eigenvalue weighted by Crippen LogP contribution is 2.34. The molecular formula is C26H20N8OS. The Hall–Kier alpha value is -4.44. The molecule has 10 heteroatoms. The number of nitrogens with one attached hydrogen (secondary N) is 3. The fourth-order valence-electron chi connectivity index (χ4n) is 4.27. The van der Waals surface area contributed by atoms with Crippen LogP contribution in [0.1, 0.15) is 17.7 Å². The van der Waals surface area contributed by atoms with Gasteiger partial charge in [0.05, 0.1) is 34.8 Å². The number of nitrogens with zero attached hydrogens (tertiary/aromatic N) is 5. The van der Waals surface area contributed by atoms with Gasteiger partial charge in [-0.2, -0.15) is 5.10 Å². The van der Waals surface area contributed by atoms with E-state index in [1.807, 2.05) is 24.4 Å². The van der Waals surface area contributed by atoms with E-state index < -0.39 is 0 Å². The lowest BCUT2D eigenvalue weighted by atomic mass is 10.1. The van der Waals surface area contributed by atoms with Crippen molar-refractivity contribution in [3.05, 3.63) is 60.0 Å². The molecule has 0 unspecified atom stereocenters. The normalized spacial score (nSPS) is 13.5. The zero-order chi connectivity index (χ0) is 24.2. The fourth-order valence-corrected chi connectivity index (χ4v) is 5.15. The lowest BCUT2D eigenvalue weighted by molar-refractivity contribution is -0.117. The van der Waals surface area contributed by atoms with E-state index in [1.54, 1.807) is 29.9 Å². The lowest BCUT2D eigenvalue weighted by Crippen LogP contribution is -2.13. The van der Waals surface area contributed by atoms with Gasteiger partial charge in [-0.3, -0.25) is 19.9 Å². The minimum atomic E-state index is 0.0472. The summed E-state index contributed by atoms with van der Waals surface area (Å²) in [5, 5.41) is 10.5. The highest BCUT2D eigenvalue weighted by molar-refractivity contribution is 7.15. The second kappa shape index (κ2) is 8.06. The fraction of sp³-hybridized carbons (Fsp3) is 0.154. The number of rotatable bonds is 5. The van der Waals surface area contributed by atoms with Crippen LogP contribution in [-0.4, -0.2) is 41.0 Å². The van der Waals surface area contributed by atoms with E-state index in [0.29, 0.717) is 22.7 Å². The van der Waals surface area contributed by atoms with E-state index >= 15 is 0 Å². The molecule has 0 spiro atoms. The first-order valence-electron chi connectivity index (χ1n) is 11.6. The van der Waals surface area contributed by atoms with Crippen LogP contribution in [-0.2, 0) is 4.79 Å². The van der Waals surface area contributed by atoms with E-state index in [0.717, 1.165) is 51.1 Å². The highest BCUT2D eigenvalue weighted by Gasteiger charge is 2.29. The largest absolute Gasteiger partial charge is 0.335 e. The van der Waals surface area contributed by atoms with E-state index in [1.165, 1.54) is 4.88 Å². The number of aromatic nitrogens is 7. The Morgan fingerprint density at radius 2 is 1.89 bits per heavy atom. The summed E-state index contributed by atoms with van der Waals surface area (Å²) < 4.78 is 0. The smallest absolute Gasteiger partial charge is 0.227 e. The van der Waals surface area contributed by atoms with Gasteiger partial charge < -0.3 is 10.3 Å². The number of thiophene rings is 1. The van der Waals surface area contributed by atoms with Crippen molar-refractivity contribution in [1.82, 2.24) is 35.1 Å². The van der Waals surface area contributed by atoms with Crippen LogP contribution < -0.4 is 5.32 Å². The van der Waals surface area contributed by atoms with Crippen molar-refractivity contribution in [2.45, 2.75) is 19.8 Å². The number of hydrogen-bond acceptors (Lipinski definition) is 7. The van der Waals surface area contributed by atoms with Gasteiger partial charge in [-0.05, 0) is 50.1 Å². The molecule has 36 heavy (non-hydrogen) atoms. The first kappa shape index (κ1) is 20.9. The van der Waals surface area contributed by atoms with Gasteiger partial charge in [-0.15, -0.1) is 11.3 Å². The molecule has 9 nitrogen and oxygen atoms in total. The number of anilines is 1. The number of aromatic amines is 2. The third kappa shape index (κ3) is 3.62. The van der Waals surface area contributed by atoms with Crippen molar-refractivity contribution in [3.8, 4) is 33.2 Å². The quantitative estimate of drug-likeness (QED) is 0.298. The average molecular weight is 493 g/mol. The van der Waals surface area contributed by atoms with Crippen LogP contribution in [0.4, 0.5) is 5.69 Å². The predicted octanol–water partition coefficient (Wildman–Crippen LogP) is 5.34. The van der Waals surface area contributed by atoms with E-state index in [9.17, 15) is 4.79 Å². The minimum absolute atomic E-state index is 0.0472. The SMILES string of the molecule is Cc1ccc(-c2cncc3[nH]c(-c4n[nH]c5ccc(-c6cncc(NC(=O)C7CC7)c6)nc45)nc23)s1.